The van der Waals surface area contributed by atoms with Crippen LogP contribution in [0.4, 0.5) is 5.69 Å². The molecule has 0 aliphatic heterocycles. The zero-order valence-electron chi connectivity index (χ0n) is 13.7. The van der Waals surface area contributed by atoms with Crippen molar-refractivity contribution in [3.05, 3.63) is 52.4 Å². The highest BCUT2D eigenvalue weighted by molar-refractivity contribution is 6.03. The van der Waals surface area contributed by atoms with Crippen molar-refractivity contribution >= 4 is 17.7 Å². The topological polar surface area (TPSA) is 55.1 Å². The van der Waals surface area contributed by atoms with Crippen molar-refractivity contribution in [2.45, 2.75) is 40.5 Å². The van der Waals surface area contributed by atoms with Gasteiger partial charge in [0, 0.05) is 17.3 Å². The lowest BCUT2D eigenvalue weighted by Crippen LogP contribution is -2.11. The average molecular weight is 298 g/mol. The molecule has 1 aromatic carbocycles. The average Bonchev–Trinajstić information content (AvgIpc) is 2.77. The highest BCUT2D eigenvalue weighted by atomic mass is 16.5. The first-order valence-corrected chi connectivity index (χ1v) is 7.41. The largest absolute Gasteiger partial charge is 0.361 e. The van der Waals surface area contributed by atoms with Gasteiger partial charge in [-0.3, -0.25) is 4.79 Å². The third-order valence-electron chi connectivity index (χ3n) is 3.67. The standard InChI is InChI=1S/C18H22N2O2/c1-11(2)15-8-6-7-12(3)18(15)19-17(21)10-9-16-13(4)20-22-14(16)5/h6-11H,1-5H3,(H,19,21). The van der Waals surface area contributed by atoms with Crippen LogP contribution in [0.2, 0.25) is 0 Å². The van der Waals surface area contributed by atoms with E-state index in [1.54, 1.807) is 6.08 Å². The van der Waals surface area contributed by atoms with Gasteiger partial charge < -0.3 is 9.84 Å². The summed E-state index contributed by atoms with van der Waals surface area (Å²) in [5, 5.41) is 6.86. The maximum Gasteiger partial charge on any atom is 0.248 e. The molecule has 0 atom stereocenters. The van der Waals surface area contributed by atoms with Crippen LogP contribution in [0.1, 0.15) is 47.9 Å². The van der Waals surface area contributed by atoms with E-state index >= 15 is 0 Å². The van der Waals surface area contributed by atoms with E-state index in [2.05, 4.69) is 24.3 Å². The smallest absolute Gasteiger partial charge is 0.248 e. The molecule has 0 saturated heterocycles. The first kappa shape index (κ1) is 16.0. The molecule has 1 N–H and O–H groups in total. The molecule has 4 heteroatoms. The van der Waals surface area contributed by atoms with Crippen LogP contribution >= 0.6 is 0 Å². The van der Waals surface area contributed by atoms with Gasteiger partial charge in [0.2, 0.25) is 5.91 Å². The molecule has 2 rings (SSSR count). The Morgan fingerprint density at radius 2 is 2.00 bits per heavy atom. The molecule has 2 aromatic rings. The highest BCUT2D eigenvalue weighted by Gasteiger charge is 2.11. The lowest BCUT2D eigenvalue weighted by atomic mass is 9.98. The van der Waals surface area contributed by atoms with E-state index in [-0.39, 0.29) is 5.91 Å². The second-order valence-electron chi connectivity index (χ2n) is 5.75. The quantitative estimate of drug-likeness (QED) is 0.852. The van der Waals surface area contributed by atoms with Gasteiger partial charge in [0.25, 0.3) is 0 Å². The Bertz CT molecular complexity index is 692. The number of nitrogens with one attached hydrogen (secondary N) is 1. The molecule has 0 unspecified atom stereocenters. The molecule has 0 radical (unpaired) electrons. The predicted molar refractivity (Wildman–Crippen MR) is 88.9 cm³/mol. The van der Waals surface area contributed by atoms with Crippen molar-refractivity contribution in [1.29, 1.82) is 0 Å². The first-order chi connectivity index (χ1) is 10.4. The summed E-state index contributed by atoms with van der Waals surface area (Å²) < 4.78 is 5.08. The van der Waals surface area contributed by atoms with E-state index in [4.69, 9.17) is 4.52 Å². The first-order valence-electron chi connectivity index (χ1n) is 7.41. The van der Waals surface area contributed by atoms with E-state index < -0.39 is 0 Å². The fourth-order valence-corrected chi connectivity index (χ4v) is 2.39. The number of rotatable bonds is 4. The molecule has 0 aliphatic rings. The minimum absolute atomic E-state index is 0.156. The molecule has 4 nitrogen and oxygen atoms in total. The molecule has 0 aliphatic carbocycles. The van der Waals surface area contributed by atoms with Gasteiger partial charge in [-0.05, 0) is 43.9 Å². The van der Waals surface area contributed by atoms with Crippen molar-refractivity contribution in [3.63, 3.8) is 0 Å². The molecule has 22 heavy (non-hydrogen) atoms. The molecule has 0 saturated carbocycles. The van der Waals surface area contributed by atoms with Gasteiger partial charge in [-0.15, -0.1) is 0 Å². The number of benzene rings is 1. The van der Waals surface area contributed by atoms with Crippen LogP contribution in [0, 0.1) is 20.8 Å². The number of amides is 1. The number of anilines is 1. The van der Waals surface area contributed by atoms with Crippen LogP contribution in [0.3, 0.4) is 0 Å². The predicted octanol–water partition coefficient (Wildman–Crippen LogP) is 4.38. The Kier molecular flexibility index (Phi) is 4.81. The highest BCUT2D eigenvalue weighted by Crippen LogP contribution is 2.27. The summed E-state index contributed by atoms with van der Waals surface area (Å²) in [5.74, 6) is 0.901. The summed E-state index contributed by atoms with van der Waals surface area (Å²) in [7, 11) is 0. The molecule has 0 spiro atoms. The number of hydrogen-bond acceptors (Lipinski definition) is 3. The Hall–Kier alpha value is -2.36. The van der Waals surface area contributed by atoms with E-state index in [1.807, 2.05) is 39.0 Å². The molecule has 116 valence electrons. The van der Waals surface area contributed by atoms with Crippen LogP contribution in [0.25, 0.3) is 6.08 Å². The zero-order valence-corrected chi connectivity index (χ0v) is 13.7. The van der Waals surface area contributed by atoms with Gasteiger partial charge in [-0.25, -0.2) is 0 Å². The summed E-state index contributed by atoms with van der Waals surface area (Å²) in [6.07, 6.45) is 3.26. The molecule has 1 amide bonds. The van der Waals surface area contributed by atoms with Crippen LogP contribution in [0.5, 0.6) is 0 Å². The summed E-state index contributed by atoms with van der Waals surface area (Å²) in [4.78, 5) is 12.2. The molecule has 0 fully saturated rings. The second-order valence-corrected chi connectivity index (χ2v) is 5.75. The normalized spacial score (nSPS) is 11.4. The Morgan fingerprint density at radius 3 is 2.59 bits per heavy atom. The number of carbonyl (C=O) groups excluding carboxylic acids is 1. The molecular weight excluding hydrogens is 276 g/mol. The third-order valence-corrected chi connectivity index (χ3v) is 3.67. The van der Waals surface area contributed by atoms with Crippen molar-refractivity contribution in [2.24, 2.45) is 0 Å². The van der Waals surface area contributed by atoms with Gasteiger partial charge in [-0.2, -0.15) is 0 Å². The lowest BCUT2D eigenvalue weighted by Gasteiger charge is -2.15. The van der Waals surface area contributed by atoms with Gasteiger partial charge in [-0.1, -0.05) is 37.2 Å². The summed E-state index contributed by atoms with van der Waals surface area (Å²) in [5.41, 5.74) is 4.72. The fourth-order valence-electron chi connectivity index (χ4n) is 2.39. The van der Waals surface area contributed by atoms with Gasteiger partial charge in [0.05, 0.1) is 5.69 Å². The van der Waals surface area contributed by atoms with Crippen LogP contribution in [0.15, 0.2) is 28.8 Å². The Labute approximate surface area is 131 Å². The molecule has 1 aromatic heterocycles. The number of aryl methyl sites for hydroxylation is 3. The monoisotopic (exact) mass is 298 g/mol. The van der Waals surface area contributed by atoms with E-state index in [0.29, 0.717) is 11.7 Å². The Morgan fingerprint density at radius 1 is 1.27 bits per heavy atom. The number of aromatic nitrogens is 1. The summed E-state index contributed by atoms with van der Waals surface area (Å²) >= 11 is 0. The molecule has 1 heterocycles. The number of nitrogens with zero attached hydrogens (tertiary/aromatic N) is 1. The van der Waals surface area contributed by atoms with E-state index in [9.17, 15) is 4.79 Å². The zero-order chi connectivity index (χ0) is 16.3. The van der Waals surface area contributed by atoms with E-state index in [0.717, 1.165) is 28.1 Å². The minimum atomic E-state index is -0.156. The van der Waals surface area contributed by atoms with Crippen molar-refractivity contribution in [2.75, 3.05) is 5.32 Å². The van der Waals surface area contributed by atoms with Crippen molar-refractivity contribution < 1.29 is 9.32 Å². The number of hydrogen-bond donors (Lipinski definition) is 1. The van der Waals surface area contributed by atoms with Crippen LogP contribution < -0.4 is 5.32 Å². The van der Waals surface area contributed by atoms with Gasteiger partial charge in [0.1, 0.15) is 5.76 Å². The SMILES string of the molecule is Cc1cccc(C(C)C)c1NC(=O)C=Cc1c(C)noc1C. The van der Waals surface area contributed by atoms with Crippen LogP contribution in [-0.4, -0.2) is 11.1 Å². The minimum Gasteiger partial charge on any atom is -0.361 e. The van der Waals surface area contributed by atoms with Crippen molar-refractivity contribution in [3.8, 4) is 0 Å². The lowest BCUT2D eigenvalue weighted by molar-refractivity contribution is -0.111. The summed E-state index contributed by atoms with van der Waals surface area (Å²) in [6, 6.07) is 6.06. The third kappa shape index (κ3) is 3.45. The van der Waals surface area contributed by atoms with E-state index in [1.165, 1.54) is 6.08 Å². The molecular formula is C18H22N2O2. The second kappa shape index (κ2) is 6.60. The van der Waals surface area contributed by atoms with Gasteiger partial charge in [0.15, 0.2) is 0 Å². The Balaban J connectivity index is 2.20. The molecule has 0 bridgehead atoms. The van der Waals surface area contributed by atoms with Gasteiger partial charge >= 0.3 is 0 Å². The fraction of sp³-hybridized carbons (Fsp3) is 0.333. The maximum atomic E-state index is 12.2. The summed E-state index contributed by atoms with van der Waals surface area (Å²) in [6.45, 7) is 9.91. The number of para-hydroxylation sites is 1. The maximum absolute atomic E-state index is 12.2. The number of carbonyl (C=O) groups is 1. The van der Waals surface area contributed by atoms with Crippen molar-refractivity contribution in [1.82, 2.24) is 5.16 Å². The van der Waals surface area contributed by atoms with Crippen LogP contribution in [-0.2, 0) is 4.79 Å².